The van der Waals surface area contributed by atoms with E-state index in [1.807, 2.05) is 0 Å². The summed E-state index contributed by atoms with van der Waals surface area (Å²) in [6, 6.07) is 9.68. The third-order valence-corrected chi connectivity index (χ3v) is 3.26. The molecule has 0 aliphatic rings. The molecule has 2 rings (SSSR count). The van der Waals surface area contributed by atoms with Crippen LogP contribution in [0.5, 0.6) is 0 Å². The van der Waals surface area contributed by atoms with Gasteiger partial charge in [0.1, 0.15) is 17.2 Å². The van der Waals surface area contributed by atoms with Crippen LogP contribution < -0.4 is 5.32 Å². The average Bonchev–Trinajstić information content (AvgIpc) is 2.99. The number of aliphatic hydroxyl groups is 1. The van der Waals surface area contributed by atoms with Crippen molar-refractivity contribution in [3.63, 3.8) is 0 Å². The van der Waals surface area contributed by atoms with Gasteiger partial charge in [0.15, 0.2) is 0 Å². The Morgan fingerprint density at radius 1 is 1.33 bits per heavy atom. The van der Waals surface area contributed by atoms with Gasteiger partial charge in [-0.1, -0.05) is 18.2 Å². The van der Waals surface area contributed by atoms with Gasteiger partial charge in [-0.3, -0.25) is 4.79 Å². The van der Waals surface area contributed by atoms with Crippen LogP contribution in [0.4, 0.5) is 4.39 Å². The number of amides is 1. The normalized spacial score (nSPS) is 13.7. The van der Waals surface area contributed by atoms with E-state index in [9.17, 15) is 14.3 Å². The maximum atomic E-state index is 13.4. The van der Waals surface area contributed by atoms with Gasteiger partial charge < -0.3 is 14.8 Å². The summed E-state index contributed by atoms with van der Waals surface area (Å²) >= 11 is 0. The fourth-order valence-corrected chi connectivity index (χ4v) is 1.98. The molecule has 112 valence electrons. The monoisotopic (exact) mass is 291 g/mol. The van der Waals surface area contributed by atoms with Crippen LogP contribution in [0.25, 0.3) is 0 Å². The van der Waals surface area contributed by atoms with Crippen molar-refractivity contribution in [2.45, 2.75) is 25.4 Å². The number of rotatable bonds is 6. The Hall–Kier alpha value is -2.14. The summed E-state index contributed by atoms with van der Waals surface area (Å²) in [5.41, 5.74) is -0.762. The summed E-state index contributed by atoms with van der Waals surface area (Å²) in [5.74, 6) is -0.171. The Balaban J connectivity index is 1.82. The molecule has 0 saturated heterocycles. The van der Waals surface area contributed by atoms with E-state index in [4.69, 9.17) is 4.42 Å². The first-order valence-electron chi connectivity index (χ1n) is 6.75. The number of furan rings is 1. The molecule has 21 heavy (non-hydrogen) atoms. The van der Waals surface area contributed by atoms with Crippen molar-refractivity contribution in [2.75, 3.05) is 6.54 Å². The number of hydrogen-bond donors (Lipinski definition) is 2. The van der Waals surface area contributed by atoms with Gasteiger partial charge in [-0.15, -0.1) is 0 Å². The van der Waals surface area contributed by atoms with E-state index in [0.717, 1.165) is 0 Å². The van der Waals surface area contributed by atoms with Crippen LogP contribution in [0.3, 0.4) is 0 Å². The van der Waals surface area contributed by atoms with Crippen LogP contribution in [0.15, 0.2) is 47.1 Å². The minimum Gasteiger partial charge on any atom is -0.466 e. The summed E-state index contributed by atoms with van der Waals surface area (Å²) in [7, 11) is 0. The molecule has 2 N–H and O–H groups in total. The van der Waals surface area contributed by atoms with Gasteiger partial charge in [-0.05, 0) is 37.1 Å². The van der Waals surface area contributed by atoms with Crippen molar-refractivity contribution in [3.8, 4) is 0 Å². The van der Waals surface area contributed by atoms with E-state index < -0.39 is 5.60 Å². The van der Waals surface area contributed by atoms with Gasteiger partial charge in [-0.25, -0.2) is 4.39 Å². The molecule has 0 spiro atoms. The molecule has 1 amide bonds. The van der Waals surface area contributed by atoms with E-state index in [-0.39, 0.29) is 24.7 Å². The maximum absolute atomic E-state index is 13.4. The number of carbonyl (C=O) groups is 1. The van der Waals surface area contributed by atoms with Crippen LogP contribution in [-0.4, -0.2) is 17.6 Å². The highest BCUT2D eigenvalue weighted by atomic mass is 19.1. The molecule has 0 aliphatic carbocycles. The van der Waals surface area contributed by atoms with E-state index in [1.165, 1.54) is 12.3 Å². The molecule has 0 radical (unpaired) electrons. The second-order valence-electron chi connectivity index (χ2n) is 5.12. The summed E-state index contributed by atoms with van der Waals surface area (Å²) < 4.78 is 18.5. The Bertz CT molecular complexity index is 593. The molecule has 0 aliphatic heterocycles. The third-order valence-electron chi connectivity index (χ3n) is 3.26. The molecule has 5 heteroatoms. The predicted molar refractivity (Wildman–Crippen MR) is 76.0 cm³/mol. The highest BCUT2D eigenvalue weighted by molar-refractivity contribution is 5.76. The molecule has 4 nitrogen and oxygen atoms in total. The highest BCUT2D eigenvalue weighted by Gasteiger charge is 2.26. The maximum Gasteiger partial charge on any atom is 0.220 e. The third kappa shape index (κ3) is 4.16. The number of benzene rings is 1. The van der Waals surface area contributed by atoms with Crippen molar-refractivity contribution < 1.29 is 18.7 Å². The van der Waals surface area contributed by atoms with E-state index in [1.54, 1.807) is 37.3 Å². The Kier molecular flexibility index (Phi) is 4.75. The van der Waals surface area contributed by atoms with Gasteiger partial charge in [0.05, 0.1) is 12.8 Å². The minimum atomic E-state index is -1.27. The molecule has 2 aromatic rings. The predicted octanol–water partition coefficient (Wildman–Crippen LogP) is 2.38. The fraction of sp³-hybridized carbons (Fsp3) is 0.312. The second-order valence-corrected chi connectivity index (χ2v) is 5.12. The minimum absolute atomic E-state index is 0.0383. The zero-order chi connectivity index (χ0) is 15.3. The van der Waals surface area contributed by atoms with Crippen molar-refractivity contribution in [1.29, 1.82) is 0 Å². The van der Waals surface area contributed by atoms with Gasteiger partial charge >= 0.3 is 0 Å². The molecule has 1 atom stereocenters. The summed E-state index contributed by atoms with van der Waals surface area (Å²) in [5, 5.41) is 12.8. The molecule has 0 fully saturated rings. The SMILES string of the molecule is CC(O)(CNC(=O)CCc1ccccc1F)c1ccco1. The first-order valence-corrected chi connectivity index (χ1v) is 6.75. The van der Waals surface area contributed by atoms with Gasteiger partial charge in [-0.2, -0.15) is 0 Å². The van der Waals surface area contributed by atoms with Gasteiger partial charge in [0, 0.05) is 6.42 Å². The zero-order valence-electron chi connectivity index (χ0n) is 11.8. The summed E-state index contributed by atoms with van der Waals surface area (Å²) in [6.07, 6.45) is 1.94. The van der Waals surface area contributed by atoms with Crippen molar-refractivity contribution in [3.05, 3.63) is 59.8 Å². The lowest BCUT2D eigenvalue weighted by molar-refractivity contribution is -0.122. The molecule has 1 aromatic heterocycles. The molecular formula is C16H18FNO3. The Labute approximate surface area is 122 Å². The number of aryl methyl sites for hydroxylation is 1. The largest absolute Gasteiger partial charge is 0.466 e. The van der Waals surface area contributed by atoms with Crippen molar-refractivity contribution in [2.24, 2.45) is 0 Å². The molecule has 1 aromatic carbocycles. The van der Waals surface area contributed by atoms with Crippen LogP contribution in [0.1, 0.15) is 24.7 Å². The smallest absolute Gasteiger partial charge is 0.220 e. The molecule has 1 heterocycles. The topological polar surface area (TPSA) is 62.5 Å². The van der Waals surface area contributed by atoms with E-state index >= 15 is 0 Å². The van der Waals surface area contributed by atoms with E-state index in [0.29, 0.717) is 17.7 Å². The zero-order valence-corrected chi connectivity index (χ0v) is 11.8. The summed E-state index contributed by atoms with van der Waals surface area (Å²) in [4.78, 5) is 11.8. The lowest BCUT2D eigenvalue weighted by Crippen LogP contribution is -2.38. The van der Waals surface area contributed by atoms with E-state index in [2.05, 4.69) is 5.32 Å². The Morgan fingerprint density at radius 3 is 2.76 bits per heavy atom. The van der Waals surface area contributed by atoms with Crippen molar-refractivity contribution in [1.82, 2.24) is 5.32 Å². The average molecular weight is 291 g/mol. The number of nitrogens with one attached hydrogen (secondary N) is 1. The fourth-order valence-electron chi connectivity index (χ4n) is 1.98. The number of carbonyl (C=O) groups excluding carboxylic acids is 1. The van der Waals surface area contributed by atoms with Crippen LogP contribution in [0.2, 0.25) is 0 Å². The first-order chi connectivity index (χ1) is 9.99. The van der Waals surface area contributed by atoms with Gasteiger partial charge in [0.25, 0.3) is 0 Å². The van der Waals surface area contributed by atoms with Crippen LogP contribution in [0, 0.1) is 5.82 Å². The number of hydrogen-bond acceptors (Lipinski definition) is 3. The highest BCUT2D eigenvalue weighted by Crippen LogP contribution is 2.19. The quantitative estimate of drug-likeness (QED) is 0.859. The Morgan fingerprint density at radius 2 is 2.10 bits per heavy atom. The standard InChI is InChI=1S/C16H18FNO3/c1-16(20,14-7-4-10-21-14)11-18-15(19)9-8-12-5-2-3-6-13(12)17/h2-7,10,20H,8-9,11H2,1H3,(H,18,19). The molecule has 0 saturated carbocycles. The summed E-state index contributed by atoms with van der Waals surface area (Å²) in [6.45, 7) is 1.60. The van der Waals surface area contributed by atoms with Crippen LogP contribution in [-0.2, 0) is 16.8 Å². The molecule has 0 bridgehead atoms. The van der Waals surface area contributed by atoms with Crippen LogP contribution >= 0.6 is 0 Å². The molecule has 1 unspecified atom stereocenters. The number of halogens is 1. The second kappa shape index (κ2) is 6.54. The lowest BCUT2D eigenvalue weighted by atomic mass is 10.0. The first kappa shape index (κ1) is 15.3. The van der Waals surface area contributed by atoms with Crippen molar-refractivity contribution >= 4 is 5.91 Å². The van der Waals surface area contributed by atoms with Gasteiger partial charge in [0.2, 0.25) is 5.91 Å². The lowest BCUT2D eigenvalue weighted by Gasteiger charge is -2.21. The molecular weight excluding hydrogens is 273 g/mol.